The van der Waals surface area contributed by atoms with Gasteiger partial charge in [0, 0.05) is 12.6 Å². The molecule has 0 aromatic rings. The van der Waals surface area contributed by atoms with Gasteiger partial charge in [0.1, 0.15) is 0 Å². The standard InChI is InChI=1S/C14H27N3O/c1-2-7-16-9-5-13(6-10-16)17-8-3-4-12(11-17)14(15)18/h12-13H,2-11H2,1H3,(H2,15,18)/t12-/m1/s1. The number of primary amides is 1. The highest BCUT2D eigenvalue weighted by molar-refractivity contribution is 5.76. The van der Waals surface area contributed by atoms with E-state index in [2.05, 4.69) is 16.7 Å². The highest BCUT2D eigenvalue weighted by Crippen LogP contribution is 2.23. The minimum Gasteiger partial charge on any atom is -0.369 e. The van der Waals surface area contributed by atoms with E-state index >= 15 is 0 Å². The van der Waals surface area contributed by atoms with Crippen LogP contribution < -0.4 is 5.73 Å². The molecule has 1 amide bonds. The molecule has 2 N–H and O–H groups in total. The number of hydrogen-bond donors (Lipinski definition) is 1. The normalized spacial score (nSPS) is 28.4. The van der Waals surface area contributed by atoms with E-state index in [4.69, 9.17) is 5.73 Å². The third-order valence-corrected chi connectivity index (χ3v) is 4.47. The molecule has 2 heterocycles. The van der Waals surface area contributed by atoms with Gasteiger partial charge < -0.3 is 10.6 Å². The van der Waals surface area contributed by atoms with E-state index in [-0.39, 0.29) is 11.8 Å². The van der Waals surface area contributed by atoms with Gasteiger partial charge in [-0.25, -0.2) is 0 Å². The number of amides is 1. The Kier molecular flexibility index (Phi) is 5.01. The molecule has 18 heavy (non-hydrogen) atoms. The molecule has 104 valence electrons. The number of piperidine rings is 2. The molecule has 0 spiro atoms. The maximum absolute atomic E-state index is 11.3. The molecule has 2 saturated heterocycles. The molecule has 0 aromatic carbocycles. The topological polar surface area (TPSA) is 49.6 Å². The molecule has 4 nitrogen and oxygen atoms in total. The van der Waals surface area contributed by atoms with E-state index in [1.165, 1.54) is 38.9 Å². The lowest BCUT2D eigenvalue weighted by Crippen LogP contribution is -2.50. The van der Waals surface area contributed by atoms with Crippen molar-refractivity contribution in [1.82, 2.24) is 9.80 Å². The van der Waals surface area contributed by atoms with Gasteiger partial charge in [0.15, 0.2) is 0 Å². The van der Waals surface area contributed by atoms with Crippen molar-refractivity contribution in [1.29, 1.82) is 0 Å². The van der Waals surface area contributed by atoms with Crippen LogP contribution >= 0.6 is 0 Å². The van der Waals surface area contributed by atoms with Crippen molar-refractivity contribution < 1.29 is 4.79 Å². The molecule has 1 atom stereocenters. The van der Waals surface area contributed by atoms with Crippen molar-refractivity contribution in [2.75, 3.05) is 32.7 Å². The van der Waals surface area contributed by atoms with Crippen LogP contribution in [0.4, 0.5) is 0 Å². The Bertz CT molecular complexity index is 274. The third kappa shape index (κ3) is 3.45. The van der Waals surface area contributed by atoms with Crippen molar-refractivity contribution >= 4 is 5.91 Å². The smallest absolute Gasteiger partial charge is 0.221 e. The highest BCUT2D eigenvalue weighted by atomic mass is 16.1. The Balaban J connectivity index is 1.80. The van der Waals surface area contributed by atoms with Gasteiger partial charge in [-0.1, -0.05) is 6.92 Å². The quantitative estimate of drug-likeness (QED) is 0.815. The van der Waals surface area contributed by atoms with E-state index in [9.17, 15) is 4.79 Å². The Morgan fingerprint density at radius 1 is 1.22 bits per heavy atom. The molecule has 0 aromatic heterocycles. The summed E-state index contributed by atoms with van der Waals surface area (Å²) in [7, 11) is 0. The van der Waals surface area contributed by atoms with Gasteiger partial charge in [-0.2, -0.15) is 0 Å². The molecular formula is C14H27N3O. The van der Waals surface area contributed by atoms with Crippen molar-refractivity contribution in [3.05, 3.63) is 0 Å². The number of nitrogens with zero attached hydrogens (tertiary/aromatic N) is 2. The first-order valence-corrected chi connectivity index (χ1v) is 7.46. The fourth-order valence-corrected chi connectivity index (χ4v) is 3.39. The number of carbonyl (C=O) groups is 1. The van der Waals surface area contributed by atoms with E-state index in [1.54, 1.807) is 0 Å². The summed E-state index contributed by atoms with van der Waals surface area (Å²) in [6.07, 6.45) is 5.87. The molecule has 0 aliphatic carbocycles. The first kappa shape index (κ1) is 13.8. The monoisotopic (exact) mass is 253 g/mol. The minimum atomic E-state index is -0.108. The SMILES string of the molecule is CCCN1CCC(N2CCC[C@@H](C(N)=O)C2)CC1. The van der Waals surface area contributed by atoms with E-state index in [1.807, 2.05) is 0 Å². The van der Waals surface area contributed by atoms with Crippen LogP contribution in [0.1, 0.15) is 39.0 Å². The zero-order chi connectivity index (χ0) is 13.0. The van der Waals surface area contributed by atoms with Gasteiger partial charge in [-0.15, -0.1) is 0 Å². The molecule has 2 aliphatic heterocycles. The van der Waals surface area contributed by atoms with Crippen LogP contribution in [-0.4, -0.2) is 54.5 Å². The van der Waals surface area contributed by atoms with Gasteiger partial charge in [0.2, 0.25) is 5.91 Å². The molecule has 2 fully saturated rings. The van der Waals surface area contributed by atoms with Crippen LogP contribution in [0.2, 0.25) is 0 Å². The molecule has 4 heteroatoms. The summed E-state index contributed by atoms with van der Waals surface area (Å²) in [6.45, 7) is 7.97. The average molecular weight is 253 g/mol. The molecule has 0 saturated carbocycles. The van der Waals surface area contributed by atoms with Crippen molar-refractivity contribution in [2.45, 2.75) is 45.1 Å². The minimum absolute atomic E-state index is 0.0902. The average Bonchev–Trinajstić information content (AvgIpc) is 2.40. The first-order valence-electron chi connectivity index (χ1n) is 7.46. The fourth-order valence-electron chi connectivity index (χ4n) is 3.39. The number of rotatable bonds is 4. The number of hydrogen-bond acceptors (Lipinski definition) is 3. The van der Waals surface area contributed by atoms with Gasteiger partial charge in [0.25, 0.3) is 0 Å². The highest BCUT2D eigenvalue weighted by Gasteiger charge is 2.30. The van der Waals surface area contributed by atoms with Crippen molar-refractivity contribution in [3.8, 4) is 0 Å². The van der Waals surface area contributed by atoms with Gasteiger partial charge in [-0.3, -0.25) is 9.69 Å². The predicted octanol–water partition coefficient (Wildman–Crippen LogP) is 1.06. The first-order chi connectivity index (χ1) is 8.70. The fraction of sp³-hybridized carbons (Fsp3) is 0.929. The summed E-state index contributed by atoms with van der Waals surface area (Å²) in [6, 6.07) is 0.681. The van der Waals surface area contributed by atoms with Crippen LogP contribution in [0.5, 0.6) is 0 Å². The maximum Gasteiger partial charge on any atom is 0.221 e. The third-order valence-electron chi connectivity index (χ3n) is 4.47. The molecule has 2 rings (SSSR count). The summed E-state index contributed by atoms with van der Waals surface area (Å²) in [4.78, 5) is 16.4. The van der Waals surface area contributed by atoms with Crippen LogP contribution in [-0.2, 0) is 4.79 Å². The number of carbonyl (C=O) groups excluding carboxylic acids is 1. The lowest BCUT2D eigenvalue weighted by molar-refractivity contribution is -0.123. The molecule has 0 radical (unpaired) electrons. The largest absolute Gasteiger partial charge is 0.369 e. The second kappa shape index (κ2) is 6.53. The summed E-state index contributed by atoms with van der Waals surface area (Å²) in [5, 5.41) is 0. The zero-order valence-electron chi connectivity index (χ0n) is 11.6. The van der Waals surface area contributed by atoms with E-state index in [0.717, 1.165) is 25.9 Å². The number of likely N-dealkylation sites (tertiary alicyclic amines) is 2. The van der Waals surface area contributed by atoms with Crippen molar-refractivity contribution in [2.24, 2.45) is 11.7 Å². The molecule has 0 unspecified atom stereocenters. The Labute approximate surface area is 110 Å². The van der Waals surface area contributed by atoms with E-state index in [0.29, 0.717) is 6.04 Å². The Morgan fingerprint density at radius 3 is 2.56 bits per heavy atom. The second-order valence-corrected chi connectivity index (χ2v) is 5.81. The summed E-state index contributed by atoms with van der Waals surface area (Å²) >= 11 is 0. The van der Waals surface area contributed by atoms with Crippen LogP contribution in [0.3, 0.4) is 0 Å². The predicted molar refractivity (Wildman–Crippen MR) is 73.2 cm³/mol. The summed E-state index contributed by atoms with van der Waals surface area (Å²) in [5.74, 6) is -0.0180. The molecular weight excluding hydrogens is 226 g/mol. The molecule has 0 bridgehead atoms. The van der Waals surface area contributed by atoms with Gasteiger partial charge >= 0.3 is 0 Å². The van der Waals surface area contributed by atoms with Crippen LogP contribution in [0, 0.1) is 5.92 Å². The zero-order valence-corrected chi connectivity index (χ0v) is 11.6. The summed E-state index contributed by atoms with van der Waals surface area (Å²) < 4.78 is 0. The van der Waals surface area contributed by atoms with Gasteiger partial charge in [-0.05, 0) is 58.3 Å². The Morgan fingerprint density at radius 2 is 1.94 bits per heavy atom. The van der Waals surface area contributed by atoms with Crippen LogP contribution in [0.15, 0.2) is 0 Å². The van der Waals surface area contributed by atoms with Crippen molar-refractivity contribution in [3.63, 3.8) is 0 Å². The Hall–Kier alpha value is -0.610. The lowest BCUT2D eigenvalue weighted by Gasteiger charge is -2.41. The second-order valence-electron chi connectivity index (χ2n) is 5.81. The lowest BCUT2D eigenvalue weighted by atomic mass is 9.93. The summed E-state index contributed by atoms with van der Waals surface area (Å²) in [5.41, 5.74) is 5.45. The molecule has 2 aliphatic rings. The van der Waals surface area contributed by atoms with Gasteiger partial charge in [0.05, 0.1) is 5.92 Å². The maximum atomic E-state index is 11.3. The number of nitrogens with two attached hydrogens (primary N) is 1. The van der Waals surface area contributed by atoms with Crippen LogP contribution in [0.25, 0.3) is 0 Å². The van der Waals surface area contributed by atoms with E-state index < -0.39 is 0 Å².